The largest absolute Gasteiger partial charge is 0.491 e. The van der Waals surface area contributed by atoms with Crippen LogP contribution in [0.15, 0.2) is 45.9 Å². The molecule has 0 amide bonds. The van der Waals surface area contributed by atoms with E-state index in [1.807, 2.05) is 13.8 Å². The predicted octanol–water partition coefficient (Wildman–Crippen LogP) is 3.76. The van der Waals surface area contributed by atoms with Crippen molar-refractivity contribution >= 4 is 37.6 Å². The molecule has 1 heterocycles. The molecule has 2 aromatic rings. The molecule has 1 N–H and O–H groups in total. The third-order valence-electron chi connectivity index (χ3n) is 2.82. The zero-order valence-electron chi connectivity index (χ0n) is 12.6. The number of benzene rings is 1. The Hall–Kier alpha value is -1.15. The van der Waals surface area contributed by atoms with Crippen molar-refractivity contribution in [2.75, 3.05) is 0 Å². The highest BCUT2D eigenvalue weighted by Gasteiger charge is 2.19. The zero-order valence-corrected chi connectivity index (χ0v) is 15.7. The number of hydrogen-bond donors (Lipinski definition) is 1. The SMILES string of the molecule is CC(C)Oc1ccc(CNS(=O)(=O)c2cc(Br)cnc2Cl)cc1. The molecule has 0 radical (unpaired) electrons. The number of pyridine rings is 1. The Morgan fingerprint density at radius 2 is 1.96 bits per heavy atom. The average Bonchev–Trinajstić information content (AvgIpc) is 2.48. The molecule has 0 bridgehead atoms. The topological polar surface area (TPSA) is 68.3 Å². The molecule has 23 heavy (non-hydrogen) atoms. The van der Waals surface area contributed by atoms with Gasteiger partial charge in [-0.3, -0.25) is 0 Å². The summed E-state index contributed by atoms with van der Waals surface area (Å²) < 4.78 is 33.2. The molecule has 5 nitrogen and oxygen atoms in total. The van der Waals surface area contributed by atoms with E-state index in [2.05, 4.69) is 25.6 Å². The maximum absolute atomic E-state index is 12.3. The molecule has 1 aromatic carbocycles. The molecule has 124 valence electrons. The Balaban J connectivity index is 2.08. The van der Waals surface area contributed by atoms with Crippen LogP contribution < -0.4 is 9.46 Å². The van der Waals surface area contributed by atoms with Gasteiger partial charge in [0.15, 0.2) is 0 Å². The molecular formula is C15H16BrClN2O3S. The van der Waals surface area contributed by atoms with Crippen LogP contribution in [-0.2, 0) is 16.6 Å². The van der Waals surface area contributed by atoms with Crippen LogP contribution in [0.25, 0.3) is 0 Å². The summed E-state index contributed by atoms with van der Waals surface area (Å²) in [6.07, 6.45) is 1.53. The lowest BCUT2D eigenvalue weighted by molar-refractivity contribution is 0.242. The fourth-order valence-electron chi connectivity index (χ4n) is 1.81. The number of ether oxygens (including phenoxy) is 1. The van der Waals surface area contributed by atoms with Crippen LogP contribution >= 0.6 is 27.5 Å². The molecule has 0 atom stereocenters. The summed E-state index contributed by atoms with van der Waals surface area (Å²) in [5.41, 5.74) is 0.809. The first kappa shape index (κ1) is 18.2. The van der Waals surface area contributed by atoms with Gasteiger partial charge in [0.1, 0.15) is 15.8 Å². The third-order valence-corrected chi connectivity index (χ3v) is 5.09. The second-order valence-electron chi connectivity index (χ2n) is 5.08. The van der Waals surface area contributed by atoms with Crippen molar-refractivity contribution in [1.29, 1.82) is 0 Å². The number of halogens is 2. The number of aromatic nitrogens is 1. The van der Waals surface area contributed by atoms with Crippen molar-refractivity contribution in [2.45, 2.75) is 31.4 Å². The van der Waals surface area contributed by atoms with Crippen LogP contribution in [0.4, 0.5) is 0 Å². The standard InChI is InChI=1S/C15H16BrClN2O3S/c1-10(2)22-13-5-3-11(4-6-13)8-19-23(20,21)14-7-12(16)9-18-15(14)17/h3-7,9-10,19H,8H2,1-2H3. The summed E-state index contributed by atoms with van der Waals surface area (Å²) in [6.45, 7) is 4.03. The number of nitrogens with one attached hydrogen (secondary N) is 1. The van der Waals surface area contributed by atoms with Gasteiger partial charge in [0.05, 0.1) is 6.10 Å². The quantitative estimate of drug-likeness (QED) is 0.724. The van der Waals surface area contributed by atoms with Crippen LogP contribution in [0.1, 0.15) is 19.4 Å². The van der Waals surface area contributed by atoms with E-state index >= 15 is 0 Å². The van der Waals surface area contributed by atoms with Crippen molar-refractivity contribution in [3.63, 3.8) is 0 Å². The molecule has 0 aliphatic rings. The summed E-state index contributed by atoms with van der Waals surface area (Å²) in [6, 6.07) is 8.63. The first-order valence-electron chi connectivity index (χ1n) is 6.84. The first-order chi connectivity index (χ1) is 10.8. The summed E-state index contributed by atoms with van der Waals surface area (Å²) in [5, 5.41) is -0.0682. The van der Waals surface area contributed by atoms with Gasteiger partial charge >= 0.3 is 0 Å². The Kier molecular flexibility index (Phi) is 6.02. The molecule has 0 saturated carbocycles. The minimum atomic E-state index is -3.75. The number of nitrogens with zero attached hydrogens (tertiary/aromatic N) is 1. The van der Waals surface area contributed by atoms with Crippen molar-refractivity contribution < 1.29 is 13.2 Å². The van der Waals surface area contributed by atoms with Gasteiger partial charge in [-0.15, -0.1) is 0 Å². The fraction of sp³-hybridized carbons (Fsp3) is 0.267. The van der Waals surface area contributed by atoms with Crippen molar-refractivity contribution in [3.8, 4) is 5.75 Å². The second-order valence-corrected chi connectivity index (χ2v) is 8.09. The van der Waals surface area contributed by atoms with Gasteiger partial charge in [0.25, 0.3) is 0 Å². The maximum Gasteiger partial charge on any atom is 0.243 e. The van der Waals surface area contributed by atoms with Crippen molar-refractivity contribution in [3.05, 3.63) is 51.7 Å². The van der Waals surface area contributed by atoms with Crippen LogP contribution in [0.3, 0.4) is 0 Å². The highest BCUT2D eigenvalue weighted by Crippen LogP contribution is 2.23. The third kappa shape index (κ3) is 5.17. The lowest BCUT2D eigenvalue weighted by Crippen LogP contribution is -2.23. The summed E-state index contributed by atoms with van der Waals surface area (Å²) in [5.74, 6) is 0.742. The van der Waals surface area contributed by atoms with Gasteiger partial charge in [-0.1, -0.05) is 23.7 Å². The van der Waals surface area contributed by atoms with Gasteiger partial charge in [-0.25, -0.2) is 18.1 Å². The van der Waals surface area contributed by atoms with E-state index in [1.165, 1.54) is 12.3 Å². The van der Waals surface area contributed by atoms with Crippen molar-refractivity contribution in [1.82, 2.24) is 9.71 Å². The van der Waals surface area contributed by atoms with E-state index in [9.17, 15) is 8.42 Å². The lowest BCUT2D eigenvalue weighted by Gasteiger charge is -2.11. The average molecular weight is 420 g/mol. The molecule has 1 aromatic heterocycles. The molecule has 0 aliphatic carbocycles. The smallest absolute Gasteiger partial charge is 0.243 e. The Morgan fingerprint density at radius 3 is 2.57 bits per heavy atom. The highest BCUT2D eigenvalue weighted by molar-refractivity contribution is 9.10. The zero-order chi connectivity index (χ0) is 17.0. The Labute approximate surface area is 149 Å². The minimum Gasteiger partial charge on any atom is -0.491 e. The second kappa shape index (κ2) is 7.61. The molecule has 0 fully saturated rings. The summed E-state index contributed by atoms with van der Waals surface area (Å²) in [7, 11) is -3.75. The minimum absolute atomic E-state index is 0.0618. The molecular weight excluding hydrogens is 404 g/mol. The van der Waals surface area contributed by atoms with E-state index in [1.54, 1.807) is 24.3 Å². The van der Waals surface area contributed by atoms with Gasteiger partial charge in [-0.2, -0.15) is 0 Å². The van der Waals surface area contributed by atoms with Crippen LogP contribution in [0.2, 0.25) is 5.15 Å². The van der Waals surface area contributed by atoms with E-state index in [0.29, 0.717) is 4.47 Å². The monoisotopic (exact) mass is 418 g/mol. The molecule has 0 unspecified atom stereocenters. The molecule has 0 saturated heterocycles. The van der Waals surface area contributed by atoms with Crippen LogP contribution in [0, 0.1) is 0 Å². The fourth-order valence-corrected chi connectivity index (χ4v) is 3.77. The summed E-state index contributed by atoms with van der Waals surface area (Å²) >= 11 is 9.05. The molecule has 0 aliphatic heterocycles. The number of hydrogen-bond acceptors (Lipinski definition) is 4. The highest BCUT2D eigenvalue weighted by atomic mass is 79.9. The lowest BCUT2D eigenvalue weighted by atomic mass is 10.2. The van der Waals surface area contributed by atoms with Crippen LogP contribution in [-0.4, -0.2) is 19.5 Å². The van der Waals surface area contributed by atoms with Gasteiger partial charge in [-0.05, 0) is 53.5 Å². The van der Waals surface area contributed by atoms with E-state index in [4.69, 9.17) is 16.3 Å². The van der Waals surface area contributed by atoms with Gasteiger partial charge in [0.2, 0.25) is 10.0 Å². The molecule has 2 rings (SSSR count). The van der Waals surface area contributed by atoms with E-state index < -0.39 is 10.0 Å². The molecule has 8 heteroatoms. The van der Waals surface area contributed by atoms with Gasteiger partial charge < -0.3 is 4.74 Å². The first-order valence-corrected chi connectivity index (χ1v) is 9.49. The van der Waals surface area contributed by atoms with Crippen molar-refractivity contribution in [2.24, 2.45) is 0 Å². The maximum atomic E-state index is 12.3. The van der Waals surface area contributed by atoms with Crippen LogP contribution in [0.5, 0.6) is 5.75 Å². The summed E-state index contributed by atoms with van der Waals surface area (Å²) in [4.78, 5) is 3.76. The predicted molar refractivity (Wildman–Crippen MR) is 93.2 cm³/mol. The number of sulfonamides is 1. The normalized spacial score (nSPS) is 11.7. The Morgan fingerprint density at radius 1 is 1.30 bits per heavy atom. The molecule has 0 spiro atoms. The number of rotatable bonds is 6. The Bertz CT molecular complexity index is 780. The van der Waals surface area contributed by atoms with E-state index in [-0.39, 0.29) is 22.7 Å². The van der Waals surface area contributed by atoms with Gasteiger partial charge in [0, 0.05) is 17.2 Å². The van der Waals surface area contributed by atoms with E-state index in [0.717, 1.165) is 11.3 Å².